The maximum atomic E-state index is 13.1. The monoisotopic (exact) mass is 1020 g/mol. The fourth-order valence-corrected chi connectivity index (χ4v) is 7.64. The number of aliphatic hydroxyl groups is 2. The first-order valence-corrected chi connectivity index (χ1v) is 27.9. The molecule has 6 unspecified atom stereocenters. The molecule has 1 heterocycles. The number of ether oxygens (including phenoxy) is 5. The van der Waals surface area contributed by atoms with Gasteiger partial charge in [-0.15, -0.1) is 0 Å². The Morgan fingerprint density at radius 1 is 0.466 bits per heavy atom. The fraction of sp³-hybridized carbons (Fsp3) is 0.639. The summed E-state index contributed by atoms with van der Waals surface area (Å²) in [4.78, 5) is 50.9. The van der Waals surface area contributed by atoms with E-state index in [2.05, 4.69) is 112 Å². The van der Waals surface area contributed by atoms with Gasteiger partial charge in [0.2, 0.25) is 0 Å². The van der Waals surface area contributed by atoms with E-state index in [1.807, 2.05) is 18.2 Å². The number of carbonyl (C=O) groups excluding carboxylic acids is 3. The number of carboxylic acids is 1. The predicted molar refractivity (Wildman–Crippen MR) is 294 cm³/mol. The highest BCUT2D eigenvalue weighted by Gasteiger charge is 2.50. The summed E-state index contributed by atoms with van der Waals surface area (Å²) >= 11 is 0. The quantitative estimate of drug-likeness (QED) is 0.0228. The molecule has 0 aromatic carbocycles. The van der Waals surface area contributed by atoms with Gasteiger partial charge in [-0.1, -0.05) is 201 Å². The average molecular weight is 1020 g/mol. The molecular formula is C61H96O12. The van der Waals surface area contributed by atoms with Gasteiger partial charge < -0.3 is 39.0 Å². The van der Waals surface area contributed by atoms with Gasteiger partial charge in [0.05, 0.1) is 6.61 Å². The van der Waals surface area contributed by atoms with E-state index in [9.17, 15) is 34.5 Å². The van der Waals surface area contributed by atoms with E-state index in [4.69, 9.17) is 23.7 Å². The molecule has 0 aromatic rings. The zero-order chi connectivity index (χ0) is 53.3. The lowest BCUT2D eigenvalue weighted by Gasteiger charge is -2.40. The Labute approximate surface area is 440 Å². The number of hydrogen-bond donors (Lipinski definition) is 3. The van der Waals surface area contributed by atoms with Crippen molar-refractivity contribution in [2.24, 2.45) is 0 Å². The van der Waals surface area contributed by atoms with Crippen molar-refractivity contribution in [3.63, 3.8) is 0 Å². The van der Waals surface area contributed by atoms with Crippen LogP contribution in [0.3, 0.4) is 0 Å². The molecule has 12 heteroatoms. The second-order valence-corrected chi connectivity index (χ2v) is 18.5. The second-order valence-electron chi connectivity index (χ2n) is 18.5. The van der Waals surface area contributed by atoms with Crippen molar-refractivity contribution < 1.29 is 58.2 Å². The summed E-state index contributed by atoms with van der Waals surface area (Å²) in [6, 6.07) is 0. The van der Waals surface area contributed by atoms with Crippen LogP contribution in [0.25, 0.3) is 0 Å². The van der Waals surface area contributed by atoms with Gasteiger partial charge in [-0.25, -0.2) is 4.79 Å². The van der Waals surface area contributed by atoms with Crippen LogP contribution in [0.15, 0.2) is 109 Å². The van der Waals surface area contributed by atoms with E-state index in [1.165, 1.54) is 44.9 Å². The average Bonchev–Trinajstić information content (AvgIpc) is 3.37. The number of unbranched alkanes of at least 4 members (excludes halogenated alkanes) is 13. The molecule has 73 heavy (non-hydrogen) atoms. The summed E-state index contributed by atoms with van der Waals surface area (Å²) in [5.74, 6) is -3.28. The molecular weight excluding hydrogens is 925 g/mol. The Kier molecular flexibility index (Phi) is 44.0. The van der Waals surface area contributed by atoms with Crippen LogP contribution in [0.4, 0.5) is 0 Å². The molecule has 1 aliphatic heterocycles. The van der Waals surface area contributed by atoms with Gasteiger partial charge in [-0.3, -0.25) is 14.4 Å². The van der Waals surface area contributed by atoms with Crippen molar-refractivity contribution in [3.8, 4) is 0 Å². The maximum absolute atomic E-state index is 13.1. The summed E-state index contributed by atoms with van der Waals surface area (Å²) in [7, 11) is 0. The third-order valence-electron chi connectivity index (χ3n) is 11.9. The number of aliphatic hydroxyl groups excluding tert-OH is 2. The normalized spacial score (nSPS) is 19.2. The van der Waals surface area contributed by atoms with Crippen LogP contribution >= 0.6 is 0 Å². The highest BCUT2D eigenvalue weighted by Crippen LogP contribution is 2.26. The number of esters is 3. The number of carbonyl (C=O) groups is 4. The highest BCUT2D eigenvalue weighted by molar-refractivity contribution is 5.74. The molecule has 412 valence electrons. The fourth-order valence-electron chi connectivity index (χ4n) is 7.64. The SMILES string of the molecule is CC/C=C\C/C=C\C/C=C\C/C=C\C/C=C\CCCCCC(=O)OCC(COC1OC(C(=O)O)C(O)C(O)C1OC(=O)CC/C=C\C/C=C\C/C=C\C/C=C\CC)OC(=O)CCCCCCCCCCCCC. The molecule has 1 aliphatic rings. The Morgan fingerprint density at radius 2 is 0.890 bits per heavy atom. The van der Waals surface area contributed by atoms with Crippen LogP contribution in [-0.2, 0) is 42.9 Å². The second kappa shape index (κ2) is 48.3. The molecule has 1 saturated heterocycles. The third kappa shape index (κ3) is 38.6. The van der Waals surface area contributed by atoms with Crippen molar-refractivity contribution in [2.75, 3.05) is 13.2 Å². The largest absolute Gasteiger partial charge is 0.479 e. The van der Waals surface area contributed by atoms with Gasteiger partial charge in [0.25, 0.3) is 0 Å². The lowest BCUT2D eigenvalue weighted by molar-refractivity contribution is -0.301. The molecule has 12 nitrogen and oxygen atoms in total. The lowest BCUT2D eigenvalue weighted by atomic mass is 9.98. The first kappa shape index (κ1) is 66.4. The van der Waals surface area contributed by atoms with Crippen LogP contribution in [0, 0.1) is 0 Å². The van der Waals surface area contributed by atoms with Crippen LogP contribution in [0.5, 0.6) is 0 Å². The summed E-state index contributed by atoms with van der Waals surface area (Å²) in [6.07, 6.45) is 52.3. The molecule has 1 fully saturated rings. The van der Waals surface area contributed by atoms with Crippen LogP contribution in [0.1, 0.15) is 201 Å². The first-order valence-electron chi connectivity index (χ1n) is 27.9. The molecule has 1 rings (SSSR count). The van der Waals surface area contributed by atoms with E-state index in [0.29, 0.717) is 25.7 Å². The molecule has 0 radical (unpaired) electrons. The minimum atomic E-state index is -1.93. The predicted octanol–water partition coefficient (Wildman–Crippen LogP) is 13.9. The summed E-state index contributed by atoms with van der Waals surface area (Å²) in [5.41, 5.74) is 0. The van der Waals surface area contributed by atoms with Crippen molar-refractivity contribution in [1.82, 2.24) is 0 Å². The molecule has 0 bridgehead atoms. The summed E-state index contributed by atoms with van der Waals surface area (Å²) < 4.78 is 28.2. The Morgan fingerprint density at radius 3 is 1.37 bits per heavy atom. The van der Waals surface area contributed by atoms with Gasteiger partial charge in [0.1, 0.15) is 18.8 Å². The number of hydrogen-bond acceptors (Lipinski definition) is 11. The van der Waals surface area contributed by atoms with E-state index in [1.54, 1.807) is 0 Å². The minimum Gasteiger partial charge on any atom is -0.479 e. The number of carboxylic acid groups (broad SMARTS) is 1. The van der Waals surface area contributed by atoms with Crippen molar-refractivity contribution in [2.45, 2.75) is 237 Å². The molecule has 0 spiro atoms. The summed E-state index contributed by atoms with van der Waals surface area (Å²) in [5, 5.41) is 31.4. The Hall–Kier alpha value is -4.62. The van der Waals surface area contributed by atoms with Crippen molar-refractivity contribution in [1.29, 1.82) is 0 Å². The molecule has 0 saturated carbocycles. The van der Waals surface area contributed by atoms with Gasteiger partial charge in [0, 0.05) is 19.3 Å². The third-order valence-corrected chi connectivity index (χ3v) is 11.9. The van der Waals surface area contributed by atoms with E-state index >= 15 is 0 Å². The first-order chi connectivity index (χ1) is 35.6. The zero-order valence-corrected chi connectivity index (χ0v) is 45.1. The molecule has 6 atom stereocenters. The van der Waals surface area contributed by atoms with E-state index in [0.717, 1.165) is 89.9 Å². The van der Waals surface area contributed by atoms with E-state index in [-0.39, 0.29) is 25.9 Å². The number of rotatable bonds is 45. The van der Waals surface area contributed by atoms with E-state index < -0.39 is 67.3 Å². The standard InChI is InChI=1S/C61H96O12/c1-4-7-10-13-16-19-22-24-25-26-27-28-29-31-33-35-38-41-44-47-53(62)69-50-52(71-54(63)48-45-42-39-36-32-21-18-15-12-9-6-3)51-70-61-59(57(66)56(65)58(73-61)60(67)68)72-55(64)49-46-43-40-37-34-30-23-20-17-14-11-8-5-2/h7-8,10-11,16-17,19-20,24-25,27-28,30-31,33-34,40,43,52,56-59,61,65-66H,4-6,9,12-15,18,21-23,26,29,32,35-39,41-42,44-51H2,1-3H3,(H,67,68)/b10-7-,11-8-,19-16-,20-17-,25-24-,28-27-,33-31-,34-30-,43-40-. The Balaban J connectivity index is 2.75. The maximum Gasteiger partial charge on any atom is 0.335 e. The molecule has 0 amide bonds. The molecule has 0 aromatic heterocycles. The van der Waals surface area contributed by atoms with Crippen LogP contribution in [-0.4, -0.2) is 89.2 Å². The Bertz CT molecular complexity index is 1690. The molecule has 3 N–H and O–H groups in total. The van der Waals surface area contributed by atoms with Crippen LogP contribution < -0.4 is 0 Å². The zero-order valence-electron chi connectivity index (χ0n) is 45.1. The smallest absolute Gasteiger partial charge is 0.335 e. The minimum absolute atomic E-state index is 0.0682. The number of allylic oxidation sites excluding steroid dienone is 18. The molecule has 0 aliphatic carbocycles. The van der Waals surface area contributed by atoms with Gasteiger partial charge in [0.15, 0.2) is 24.6 Å². The van der Waals surface area contributed by atoms with Gasteiger partial charge in [-0.2, -0.15) is 0 Å². The summed E-state index contributed by atoms with van der Waals surface area (Å²) in [6.45, 7) is 5.66. The topological polar surface area (TPSA) is 175 Å². The van der Waals surface area contributed by atoms with Gasteiger partial charge in [-0.05, 0) is 89.9 Å². The van der Waals surface area contributed by atoms with Crippen molar-refractivity contribution in [3.05, 3.63) is 109 Å². The van der Waals surface area contributed by atoms with Crippen LogP contribution in [0.2, 0.25) is 0 Å². The lowest BCUT2D eigenvalue weighted by Crippen LogP contribution is -2.61. The highest BCUT2D eigenvalue weighted by atomic mass is 16.7. The number of aliphatic carboxylic acids is 1. The van der Waals surface area contributed by atoms with Gasteiger partial charge >= 0.3 is 23.9 Å². The van der Waals surface area contributed by atoms with Crippen molar-refractivity contribution >= 4 is 23.9 Å².